The van der Waals surface area contributed by atoms with Crippen molar-refractivity contribution in [3.05, 3.63) is 15.8 Å². The van der Waals surface area contributed by atoms with E-state index in [1.807, 2.05) is 0 Å². The number of hydrogen-bond donors (Lipinski definition) is 3. The minimum atomic E-state index is -0.491. The van der Waals surface area contributed by atoms with Crippen LogP contribution in [0, 0.1) is 23.0 Å². The van der Waals surface area contributed by atoms with Gasteiger partial charge in [-0.15, -0.1) is 0 Å². The predicted molar refractivity (Wildman–Crippen MR) is 69.2 cm³/mol. The van der Waals surface area contributed by atoms with E-state index in [4.69, 9.17) is 5.84 Å². The zero-order valence-electron chi connectivity index (χ0n) is 10.7. The van der Waals surface area contributed by atoms with Crippen LogP contribution in [0.2, 0.25) is 0 Å². The molecule has 0 aliphatic rings. The van der Waals surface area contributed by atoms with Crippen molar-refractivity contribution in [2.24, 2.45) is 11.8 Å². The highest BCUT2D eigenvalue weighted by atomic mass is 16.6. The summed E-state index contributed by atoms with van der Waals surface area (Å²) >= 11 is 0. The molecule has 0 aromatic carbocycles. The fourth-order valence-electron chi connectivity index (χ4n) is 1.39. The zero-order valence-corrected chi connectivity index (χ0v) is 10.7. The third-order valence-corrected chi connectivity index (χ3v) is 2.68. The molecule has 100 valence electrons. The van der Waals surface area contributed by atoms with E-state index in [1.54, 1.807) is 6.92 Å². The van der Waals surface area contributed by atoms with Gasteiger partial charge in [0.25, 0.3) is 0 Å². The van der Waals surface area contributed by atoms with Crippen LogP contribution in [0.1, 0.15) is 26.0 Å². The molecule has 0 spiro atoms. The number of hydrogen-bond acceptors (Lipinski definition) is 7. The topological polar surface area (TPSA) is 119 Å². The molecule has 1 heterocycles. The normalized spacial score (nSPS) is 12.0. The van der Waals surface area contributed by atoms with Crippen LogP contribution in [0.3, 0.4) is 0 Å². The molecule has 0 saturated carbocycles. The summed E-state index contributed by atoms with van der Waals surface area (Å²) in [5.41, 5.74) is 2.45. The van der Waals surface area contributed by atoms with E-state index in [0.717, 1.165) is 6.42 Å². The lowest BCUT2D eigenvalue weighted by molar-refractivity contribution is -0.385. The molecule has 0 aliphatic heterocycles. The van der Waals surface area contributed by atoms with Gasteiger partial charge in [0.15, 0.2) is 0 Å². The van der Waals surface area contributed by atoms with Gasteiger partial charge in [0, 0.05) is 6.54 Å². The number of aryl methyl sites for hydroxylation is 1. The number of nitrogen functional groups attached to an aromatic ring is 1. The lowest BCUT2D eigenvalue weighted by Gasteiger charge is -2.12. The summed E-state index contributed by atoms with van der Waals surface area (Å²) < 4.78 is 0. The Morgan fingerprint density at radius 2 is 2.17 bits per heavy atom. The predicted octanol–water partition coefficient (Wildman–Crippen LogP) is 1.44. The smallest absolute Gasteiger partial charge is 0.332 e. The van der Waals surface area contributed by atoms with E-state index in [-0.39, 0.29) is 23.1 Å². The summed E-state index contributed by atoms with van der Waals surface area (Å²) in [7, 11) is 0. The van der Waals surface area contributed by atoms with Crippen molar-refractivity contribution >= 4 is 17.5 Å². The average Bonchev–Trinajstić information content (AvgIpc) is 2.34. The Hall–Kier alpha value is -1.96. The van der Waals surface area contributed by atoms with Crippen LogP contribution in [-0.2, 0) is 0 Å². The number of aromatic nitrogens is 2. The molecule has 0 fully saturated rings. The van der Waals surface area contributed by atoms with Crippen molar-refractivity contribution in [1.82, 2.24) is 9.97 Å². The molecule has 0 amide bonds. The highest BCUT2D eigenvalue weighted by molar-refractivity contribution is 5.60. The average molecular weight is 254 g/mol. The third-order valence-electron chi connectivity index (χ3n) is 2.68. The summed E-state index contributed by atoms with van der Waals surface area (Å²) in [6.07, 6.45) is 0.979. The minimum absolute atomic E-state index is 0.114. The Balaban J connectivity index is 3.05. The molecule has 1 aromatic heterocycles. The molecule has 8 nitrogen and oxygen atoms in total. The number of anilines is 2. The van der Waals surface area contributed by atoms with Gasteiger partial charge in [-0.1, -0.05) is 20.3 Å². The van der Waals surface area contributed by atoms with Crippen molar-refractivity contribution in [2.45, 2.75) is 27.2 Å². The van der Waals surface area contributed by atoms with Crippen LogP contribution in [0.4, 0.5) is 17.5 Å². The van der Waals surface area contributed by atoms with E-state index in [2.05, 4.69) is 34.6 Å². The van der Waals surface area contributed by atoms with Crippen LogP contribution in [0.5, 0.6) is 0 Å². The summed E-state index contributed by atoms with van der Waals surface area (Å²) in [4.78, 5) is 18.4. The van der Waals surface area contributed by atoms with Gasteiger partial charge in [0.05, 0.1) is 4.92 Å². The quantitative estimate of drug-likeness (QED) is 0.399. The SMILES string of the molecule is CCC(C)CNc1nc(NN)nc(C)c1[N+](=O)[O-]. The number of rotatable bonds is 6. The number of nitro groups is 1. The fraction of sp³-hybridized carbons (Fsp3) is 0.600. The molecule has 4 N–H and O–H groups in total. The Bertz CT molecular complexity index is 437. The molecule has 0 saturated heterocycles. The second kappa shape index (κ2) is 6.10. The van der Waals surface area contributed by atoms with Gasteiger partial charge in [0.2, 0.25) is 11.8 Å². The van der Waals surface area contributed by atoms with Crippen molar-refractivity contribution < 1.29 is 4.92 Å². The summed E-state index contributed by atoms with van der Waals surface area (Å²) in [6.45, 7) is 6.26. The first-order chi connectivity index (χ1) is 8.49. The highest BCUT2D eigenvalue weighted by Crippen LogP contribution is 2.26. The van der Waals surface area contributed by atoms with E-state index < -0.39 is 4.92 Å². The second-order valence-corrected chi connectivity index (χ2v) is 4.13. The fourth-order valence-corrected chi connectivity index (χ4v) is 1.39. The van der Waals surface area contributed by atoms with E-state index in [9.17, 15) is 10.1 Å². The van der Waals surface area contributed by atoms with E-state index >= 15 is 0 Å². The molecule has 8 heteroatoms. The molecule has 1 atom stereocenters. The molecule has 0 bridgehead atoms. The first-order valence-electron chi connectivity index (χ1n) is 5.73. The van der Waals surface area contributed by atoms with Crippen molar-refractivity contribution in [1.29, 1.82) is 0 Å². The van der Waals surface area contributed by atoms with Crippen LogP contribution in [0.25, 0.3) is 0 Å². The van der Waals surface area contributed by atoms with Gasteiger partial charge in [-0.2, -0.15) is 4.98 Å². The summed E-state index contributed by atoms with van der Waals surface area (Å²) in [5.74, 6) is 5.97. The highest BCUT2D eigenvalue weighted by Gasteiger charge is 2.21. The maximum Gasteiger partial charge on any atom is 0.332 e. The van der Waals surface area contributed by atoms with E-state index in [0.29, 0.717) is 12.5 Å². The zero-order chi connectivity index (χ0) is 13.7. The van der Waals surface area contributed by atoms with Crippen LogP contribution < -0.4 is 16.6 Å². The van der Waals surface area contributed by atoms with Crippen molar-refractivity contribution in [3.63, 3.8) is 0 Å². The second-order valence-electron chi connectivity index (χ2n) is 4.13. The number of nitrogens with one attached hydrogen (secondary N) is 2. The van der Waals surface area contributed by atoms with Crippen molar-refractivity contribution in [3.8, 4) is 0 Å². The first-order valence-corrected chi connectivity index (χ1v) is 5.73. The Kier molecular flexibility index (Phi) is 4.78. The minimum Gasteiger partial charge on any atom is -0.364 e. The molecule has 0 radical (unpaired) electrons. The number of nitrogens with two attached hydrogens (primary N) is 1. The maximum absolute atomic E-state index is 11.0. The van der Waals surface area contributed by atoms with Crippen LogP contribution >= 0.6 is 0 Å². The van der Waals surface area contributed by atoms with Crippen LogP contribution in [0.15, 0.2) is 0 Å². The number of nitrogens with zero attached hydrogens (tertiary/aromatic N) is 3. The largest absolute Gasteiger partial charge is 0.364 e. The first kappa shape index (κ1) is 14.1. The van der Waals surface area contributed by atoms with Gasteiger partial charge in [-0.3, -0.25) is 15.5 Å². The molecular formula is C10H18N6O2. The summed E-state index contributed by atoms with van der Waals surface area (Å²) in [6, 6.07) is 0. The lowest BCUT2D eigenvalue weighted by atomic mass is 10.1. The lowest BCUT2D eigenvalue weighted by Crippen LogP contribution is -2.17. The molecule has 18 heavy (non-hydrogen) atoms. The monoisotopic (exact) mass is 254 g/mol. The molecule has 1 aromatic rings. The summed E-state index contributed by atoms with van der Waals surface area (Å²) in [5, 5.41) is 14.0. The Labute approximate surface area is 105 Å². The van der Waals surface area contributed by atoms with Gasteiger partial charge in [0.1, 0.15) is 5.69 Å². The van der Waals surface area contributed by atoms with Crippen LogP contribution in [-0.4, -0.2) is 21.4 Å². The molecule has 1 rings (SSSR count). The van der Waals surface area contributed by atoms with Crippen molar-refractivity contribution in [2.75, 3.05) is 17.3 Å². The molecule has 0 aliphatic carbocycles. The van der Waals surface area contributed by atoms with Gasteiger partial charge in [-0.25, -0.2) is 10.8 Å². The van der Waals surface area contributed by atoms with Gasteiger partial charge < -0.3 is 5.32 Å². The Morgan fingerprint density at radius 1 is 1.50 bits per heavy atom. The molecular weight excluding hydrogens is 236 g/mol. The van der Waals surface area contributed by atoms with E-state index in [1.165, 1.54) is 0 Å². The Morgan fingerprint density at radius 3 is 2.67 bits per heavy atom. The number of hydrazine groups is 1. The van der Waals surface area contributed by atoms with Gasteiger partial charge in [-0.05, 0) is 12.8 Å². The molecule has 1 unspecified atom stereocenters. The van der Waals surface area contributed by atoms with Gasteiger partial charge >= 0.3 is 5.69 Å². The standard InChI is InChI=1S/C10H18N6O2/c1-4-6(2)5-12-9-8(16(17)18)7(3)13-10(14-9)15-11/h6H,4-5,11H2,1-3H3,(H2,12,13,14,15). The third kappa shape index (κ3) is 3.27. The maximum atomic E-state index is 11.0.